The number of hydrogen-bond donors (Lipinski definition) is 1. The Morgan fingerprint density at radius 3 is 2.79 bits per heavy atom. The van der Waals surface area contributed by atoms with Crippen molar-refractivity contribution in [2.45, 2.75) is 6.92 Å². The predicted octanol–water partition coefficient (Wildman–Crippen LogP) is 1.85. The maximum Gasteiger partial charge on any atom is 0.290 e. The number of nitrogens with one attached hydrogen (secondary N) is 1. The predicted molar refractivity (Wildman–Crippen MR) is 55.9 cm³/mol. The molecule has 1 aromatic heterocycles. The van der Waals surface area contributed by atoms with Crippen LogP contribution in [0.4, 0.5) is 0 Å². The van der Waals surface area contributed by atoms with Crippen molar-refractivity contribution in [3.05, 3.63) is 40.2 Å². The number of benzene rings is 1. The number of H-pyrrole nitrogens is 1. The van der Waals surface area contributed by atoms with Crippen LogP contribution < -0.4 is 10.3 Å². The maximum atomic E-state index is 11.4. The number of ether oxygens (including phenoxy) is 1. The highest BCUT2D eigenvalue weighted by molar-refractivity contribution is 5.80. The first-order chi connectivity index (χ1) is 6.70. The molecule has 0 amide bonds. The Labute approximate surface area is 81.3 Å². The second-order valence-electron chi connectivity index (χ2n) is 3.26. The molecule has 0 spiro atoms. The molecule has 1 N–H and O–H groups in total. The minimum atomic E-state index is -0.189. The Hall–Kier alpha value is -1.77. The van der Waals surface area contributed by atoms with Gasteiger partial charge in [-0.05, 0) is 24.6 Å². The van der Waals surface area contributed by atoms with E-state index in [4.69, 9.17) is 4.74 Å². The zero-order valence-corrected chi connectivity index (χ0v) is 8.13. The van der Waals surface area contributed by atoms with E-state index in [1.165, 1.54) is 7.11 Å². The minimum Gasteiger partial charge on any atom is -0.491 e. The molecule has 0 atom stereocenters. The van der Waals surface area contributed by atoms with Crippen LogP contribution in [-0.2, 0) is 0 Å². The van der Waals surface area contributed by atoms with Crippen molar-refractivity contribution in [3.8, 4) is 5.75 Å². The van der Waals surface area contributed by atoms with Gasteiger partial charge < -0.3 is 9.72 Å². The number of rotatable bonds is 1. The first-order valence-corrected chi connectivity index (χ1v) is 4.38. The van der Waals surface area contributed by atoms with Crippen LogP contribution in [0.25, 0.3) is 10.9 Å². The van der Waals surface area contributed by atoms with Crippen LogP contribution in [0.15, 0.2) is 29.1 Å². The van der Waals surface area contributed by atoms with E-state index >= 15 is 0 Å². The van der Waals surface area contributed by atoms with E-state index < -0.39 is 0 Å². The van der Waals surface area contributed by atoms with Gasteiger partial charge in [0.05, 0.1) is 7.11 Å². The summed E-state index contributed by atoms with van der Waals surface area (Å²) in [6.45, 7) is 1.99. The monoisotopic (exact) mass is 189 g/mol. The second-order valence-corrected chi connectivity index (χ2v) is 3.26. The Balaban J connectivity index is 2.79. The number of hydrogen-bond acceptors (Lipinski definition) is 2. The molecule has 72 valence electrons. The third kappa shape index (κ3) is 1.37. The zero-order chi connectivity index (χ0) is 10.1. The van der Waals surface area contributed by atoms with Crippen molar-refractivity contribution < 1.29 is 4.74 Å². The Kier molecular flexibility index (Phi) is 2.00. The topological polar surface area (TPSA) is 42.1 Å². The molecule has 2 rings (SSSR count). The van der Waals surface area contributed by atoms with E-state index in [-0.39, 0.29) is 5.56 Å². The first kappa shape index (κ1) is 8.81. The van der Waals surface area contributed by atoms with Gasteiger partial charge in [-0.15, -0.1) is 0 Å². The molecule has 0 aliphatic carbocycles. The van der Waals surface area contributed by atoms with Crippen LogP contribution in [-0.4, -0.2) is 12.1 Å². The number of fused-ring (bicyclic) bond motifs is 1. The average Bonchev–Trinajstić information content (AvgIpc) is 2.16. The quantitative estimate of drug-likeness (QED) is 0.743. The van der Waals surface area contributed by atoms with Crippen LogP contribution in [0.3, 0.4) is 0 Å². The fourth-order valence-corrected chi connectivity index (χ4v) is 1.45. The van der Waals surface area contributed by atoms with Crippen molar-refractivity contribution in [3.63, 3.8) is 0 Å². The van der Waals surface area contributed by atoms with Gasteiger partial charge in [-0.25, -0.2) is 0 Å². The lowest BCUT2D eigenvalue weighted by molar-refractivity contribution is 0.409. The number of aryl methyl sites for hydroxylation is 1. The highest BCUT2D eigenvalue weighted by Crippen LogP contribution is 2.15. The SMILES string of the molecule is COc1cc2ccc(C)cc2[nH]c1=O. The van der Waals surface area contributed by atoms with Crippen molar-refractivity contribution in [1.29, 1.82) is 0 Å². The van der Waals surface area contributed by atoms with Gasteiger partial charge in [-0.2, -0.15) is 0 Å². The molecule has 0 aliphatic heterocycles. The number of aromatic nitrogens is 1. The summed E-state index contributed by atoms with van der Waals surface area (Å²) in [7, 11) is 1.49. The van der Waals surface area contributed by atoms with Crippen LogP contribution in [0.2, 0.25) is 0 Å². The van der Waals surface area contributed by atoms with Gasteiger partial charge in [-0.3, -0.25) is 4.79 Å². The molecule has 14 heavy (non-hydrogen) atoms. The van der Waals surface area contributed by atoms with Crippen molar-refractivity contribution in [2.24, 2.45) is 0 Å². The van der Waals surface area contributed by atoms with Gasteiger partial charge in [0.2, 0.25) is 0 Å². The summed E-state index contributed by atoms with van der Waals surface area (Å²) in [5, 5.41) is 0.979. The summed E-state index contributed by atoms with van der Waals surface area (Å²) in [6, 6.07) is 7.65. The molecular formula is C11H11NO2. The summed E-state index contributed by atoms with van der Waals surface area (Å²) in [6.07, 6.45) is 0. The Bertz CT molecular complexity index is 528. The zero-order valence-electron chi connectivity index (χ0n) is 8.13. The van der Waals surface area contributed by atoms with Crippen LogP contribution in [0.1, 0.15) is 5.56 Å². The summed E-state index contributed by atoms with van der Waals surface area (Å²) in [5.41, 5.74) is 1.78. The van der Waals surface area contributed by atoms with E-state index in [0.29, 0.717) is 5.75 Å². The fraction of sp³-hybridized carbons (Fsp3) is 0.182. The summed E-state index contributed by atoms with van der Waals surface area (Å²) < 4.78 is 4.94. The molecule has 3 heteroatoms. The van der Waals surface area contributed by atoms with E-state index in [0.717, 1.165) is 16.5 Å². The van der Waals surface area contributed by atoms with Crippen molar-refractivity contribution >= 4 is 10.9 Å². The molecule has 0 saturated heterocycles. The molecular weight excluding hydrogens is 178 g/mol. The standard InChI is InChI=1S/C11H11NO2/c1-7-3-4-8-6-10(14-2)11(13)12-9(8)5-7/h3-6H,1-2H3,(H,12,13). The fourth-order valence-electron chi connectivity index (χ4n) is 1.45. The number of methoxy groups -OCH3 is 1. The summed E-state index contributed by atoms with van der Waals surface area (Å²) in [4.78, 5) is 14.2. The molecule has 0 unspecified atom stereocenters. The maximum absolute atomic E-state index is 11.4. The summed E-state index contributed by atoms with van der Waals surface area (Å²) >= 11 is 0. The molecule has 3 nitrogen and oxygen atoms in total. The lowest BCUT2D eigenvalue weighted by Crippen LogP contribution is -2.08. The average molecular weight is 189 g/mol. The van der Waals surface area contributed by atoms with E-state index in [1.54, 1.807) is 6.07 Å². The molecule has 1 aromatic carbocycles. The molecule has 0 saturated carbocycles. The minimum absolute atomic E-state index is 0.189. The highest BCUT2D eigenvalue weighted by Gasteiger charge is 2.01. The van der Waals surface area contributed by atoms with Crippen LogP contribution in [0.5, 0.6) is 5.75 Å². The Morgan fingerprint density at radius 2 is 2.07 bits per heavy atom. The van der Waals surface area contributed by atoms with Crippen LogP contribution >= 0.6 is 0 Å². The Morgan fingerprint density at radius 1 is 1.29 bits per heavy atom. The van der Waals surface area contributed by atoms with Crippen molar-refractivity contribution in [1.82, 2.24) is 4.98 Å². The lowest BCUT2D eigenvalue weighted by Gasteiger charge is -2.02. The molecule has 2 aromatic rings. The number of pyridine rings is 1. The van der Waals surface area contributed by atoms with Gasteiger partial charge >= 0.3 is 0 Å². The largest absolute Gasteiger partial charge is 0.491 e. The van der Waals surface area contributed by atoms with E-state index in [1.807, 2.05) is 25.1 Å². The van der Waals surface area contributed by atoms with Gasteiger partial charge in [0.1, 0.15) is 0 Å². The number of aromatic amines is 1. The third-order valence-electron chi connectivity index (χ3n) is 2.19. The first-order valence-electron chi connectivity index (χ1n) is 4.38. The molecule has 0 aliphatic rings. The van der Waals surface area contributed by atoms with Gasteiger partial charge in [-0.1, -0.05) is 12.1 Å². The second kappa shape index (κ2) is 3.18. The molecule has 1 heterocycles. The molecule has 0 fully saturated rings. The molecule has 0 bridgehead atoms. The van der Waals surface area contributed by atoms with E-state index in [9.17, 15) is 4.79 Å². The molecule has 0 radical (unpaired) electrons. The highest BCUT2D eigenvalue weighted by atomic mass is 16.5. The van der Waals surface area contributed by atoms with Gasteiger partial charge in [0.25, 0.3) is 5.56 Å². The lowest BCUT2D eigenvalue weighted by atomic mass is 10.1. The smallest absolute Gasteiger partial charge is 0.290 e. The van der Waals surface area contributed by atoms with Gasteiger partial charge in [0.15, 0.2) is 5.75 Å². The normalized spacial score (nSPS) is 10.4. The summed E-state index contributed by atoms with van der Waals surface area (Å²) in [5.74, 6) is 0.348. The van der Waals surface area contributed by atoms with Crippen molar-refractivity contribution in [2.75, 3.05) is 7.11 Å². The third-order valence-corrected chi connectivity index (χ3v) is 2.19. The van der Waals surface area contributed by atoms with E-state index in [2.05, 4.69) is 4.98 Å². The van der Waals surface area contributed by atoms with Gasteiger partial charge in [0, 0.05) is 10.9 Å². The van der Waals surface area contributed by atoms with Crippen LogP contribution in [0, 0.1) is 6.92 Å².